The lowest BCUT2D eigenvalue weighted by Crippen LogP contribution is -2.52. The Kier molecular flexibility index (Phi) is 4.73. The van der Waals surface area contributed by atoms with E-state index in [-0.39, 0.29) is 30.5 Å². The minimum absolute atomic E-state index is 0.134. The fourth-order valence-electron chi connectivity index (χ4n) is 3.34. The summed E-state index contributed by atoms with van der Waals surface area (Å²) < 4.78 is 46.3. The summed E-state index contributed by atoms with van der Waals surface area (Å²) in [5.74, 6) is 0.480. The Morgan fingerprint density at radius 1 is 1.07 bits per heavy atom. The number of hydrogen-bond acceptors (Lipinski definition) is 5. The van der Waals surface area contributed by atoms with E-state index >= 15 is 0 Å². The number of hydrogen-bond donors (Lipinski definition) is 0. The Bertz CT molecular complexity index is 1090. The summed E-state index contributed by atoms with van der Waals surface area (Å²) in [5, 5.41) is 4.43. The van der Waals surface area contributed by atoms with Gasteiger partial charge in [-0.2, -0.15) is 18.3 Å². The van der Waals surface area contributed by atoms with Crippen molar-refractivity contribution >= 4 is 5.82 Å². The van der Waals surface area contributed by atoms with Gasteiger partial charge >= 0.3 is 6.18 Å². The molecule has 0 amide bonds. The first-order valence-electron chi connectivity index (χ1n) is 8.89. The van der Waals surface area contributed by atoms with Crippen molar-refractivity contribution in [2.75, 3.05) is 25.1 Å². The molecule has 1 aromatic carbocycles. The van der Waals surface area contributed by atoms with Crippen molar-refractivity contribution in [1.29, 1.82) is 0 Å². The molecule has 0 atom stereocenters. The molecule has 3 aromatic rings. The quantitative estimate of drug-likeness (QED) is 0.670. The lowest BCUT2D eigenvalue weighted by atomic mass is 10.1. The van der Waals surface area contributed by atoms with Crippen LogP contribution in [0.4, 0.5) is 19.0 Å². The van der Waals surface area contributed by atoms with Crippen LogP contribution in [0.1, 0.15) is 11.6 Å². The Balaban J connectivity index is 1.60. The van der Waals surface area contributed by atoms with E-state index in [1.807, 2.05) is 18.2 Å². The minimum atomic E-state index is -4.49. The molecular formula is C20H17F3N4O2. The van der Waals surface area contributed by atoms with E-state index in [2.05, 4.69) is 10.1 Å². The number of para-hydroxylation sites is 1. The van der Waals surface area contributed by atoms with Crippen LogP contribution in [-0.2, 0) is 6.18 Å². The molecule has 1 saturated heterocycles. The third-order valence-electron chi connectivity index (χ3n) is 4.81. The van der Waals surface area contributed by atoms with Crippen LogP contribution >= 0.6 is 0 Å². The predicted molar refractivity (Wildman–Crippen MR) is 101 cm³/mol. The van der Waals surface area contributed by atoms with Gasteiger partial charge in [0.05, 0.1) is 24.4 Å². The van der Waals surface area contributed by atoms with E-state index in [4.69, 9.17) is 4.74 Å². The van der Waals surface area contributed by atoms with Crippen molar-refractivity contribution in [3.63, 3.8) is 0 Å². The van der Waals surface area contributed by atoms with Crippen molar-refractivity contribution in [2.24, 2.45) is 0 Å². The summed E-state index contributed by atoms with van der Waals surface area (Å²) in [5.41, 5.74) is 0.172. The maximum atomic E-state index is 13.2. The highest BCUT2D eigenvalue weighted by Gasteiger charge is 2.39. The highest BCUT2D eigenvalue weighted by atomic mass is 19.4. The van der Waals surface area contributed by atoms with Crippen LogP contribution < -0.4 is 15.2 Å². The Labute approximate surface area is 164 Å². The first-order valence-corrected chi connectivity index (χ1v) is 8.89. The summed E-state index contributed by atoms with van der Waals surface area (Å²) in [7, 11) is 1.55. The number of anilines is 1. The van der Waals surface area contributed by atoms with Crippen LogP contribution in [0.2, 0.25) is 0 Å². The van der Waals surface area contributed by atoms with Gasteiger partial charge in [0.25, 0.3) is 5.56 Å². The van der Waals surface area contributed by atoms with Crippen LogP contribution in [0, 0.1) is 0 Å². The van der Waals surface area contributed by atoms with Crippen molar-refractivity contribution in [3.8, 4) is 17.0 Å². The average Bonchev–Trinajstić information content (AvgIpc) is 2.68. The van der Waals surface area contributed by atoms with Gasteiger partial charge in [0.2, 0.25) is 0 Å². The topological polar surface area (TPSA) is 60.2 Å². The Morgan fingerprint density at radius 2 is 1.83 bits per heavy atom. The fraction of sp³-hybridized carbons (Fsp3) is 0.250. The van der Waals surface area contributed by atoms with E-state index in [1.165, 1.54) is 27.9 Å². The van der Waals surface area contributed by atoms with Gasteiger partial charge in [0.15, 0.2) is 0 Å². The van der Waals surface area contributed by atoms with E-state index < -0.39 is 11.7 Å². The molecule has 29 heavy (non-hydrogen) atoms. The number of alkyl halides is 3. The van der Waals surface area contributed by atoms with Crippen LogP contribution in [-0.4, -0.2) is 35.0 Å². The second-order valence-electron chi connectivity index (χ2n) is 6.63. The highest BCUT2D eigenvalue weighted by Crippen LogP contribution is 2.38. The second kappa shape index (κ2) is 7.23. The van der Waals surface area contributed by atoms with E-state index in [0.717, 1.165) is 11.6 Å². The SMILES string of the molecule is COc1ccccc1-c1ccc(=O)n(C2CN(c3ncccc3C(F)(F)F)C2)n1. The molecule has 150 valence electrons. The first kappa shape index (κ1) is 19.0. The molecule has 0 N–H and O–H groups in total. The number of methoxy groups -OCH3 is 1. The standard InChI is InChI=1S/C20H17F3N4O2/c1-29-17-7-3-2-5-14(17)16-8-9-18(28)27(25-16)13-11-26(12-13)19-15(20(21,22)23)6-4-10-24-19/h2-10,13H,11-12H2,1H3. The Hall–Kier alpha value is -3.36. The molecule has 4 rings (SSSR count). The van der Waals surface area contributed by atoms with Crippen molar-refractivity contribution in [1.82, 2.24) is 14.8 Å². The molecule has 9 heteroatoms. The monoisotopic (exact) mass is 402 g/mol. The number of halogens is 3. The van der Waals surface area contributed by atoms with Crippen LogP contribution in [0.15, 0.2) is 59.5 Å². The lowest BCUT2D eigenvalue weighted by molar-refractivity contribution is -0.137. The lowest BCUT2D eigenvalue weighted by Gasteiger charge is -2.41. The van der Waals surface area contributed by atoms with Crippen LogP contribution in [0.25, 0.3) is 11.3 Å². The van der Waals surface area contributed by atoms with Crippen molar-refractivity contribution in [2.45, 2.75) is 12.2 Å². The molecule has 2 aromatic heterocycles. The maximum absolute atomic E-state index is 13.2. The zero-order chi connectivity index (χ0) is 20.6. The Morgan fingerprint density at radius 3 is 2.55 bits per heavy atom. The number of nitrogens with zero attached hydrogens (tertiary/aromatic N) is 4. The molecule has 1 fully saturated rings. The second-order valence-corrected chi connectivity index (χ2v) is 6.63. The summed E-state index contributed by atoms with van der Waals surface area (Å²) >= 11 is 0. The van der Waals surface area contributed by atoms with Gasteiger partial charge in [0, 0.05) is 30.9 Å². The van der Waals surface area contributed by atoms with Gasteiger partial charge in [-0.1, -0.05) is 12.1 Å². The van der Waals surface area contributed by atoms with Crippen LogP contribution in [0.3, 0.4) is 0 Å². The number of rotatable bonds is 4. The van der Waals surface area contributed by atoms with Gasteiger partial charge in [-0.05, 0) is 30.3 Å². The third-order valence-corrected chi connectivity index (χ3v) is 4.81. The molecule has 0 bridgehead atoms. The van der Waals surface area contributed by atoms with E-state index in [9.17, 15) is 18.0 Å². The van der Waals surface area contributed by atoms with Gasteiger partial charge in [-0.25, -0.2) is 9.67 Å². The summed E-state index contributed by atoms with van der Waals surface area (Å²) in [6.45, 7) is 0.421. The zero-order valence-electron chi connectivity index (χ0n) is 15.4. The number of aromatic nitrogens is 3. The molecule has 6 nitrogen and oxygen atoms in total. The van der Waals surface area contributed by atoms with Gasteiger partial charge in [0.1, 0.15) is 11.6 Å². The molecule has 0 saturated carbocycles. The van der Waals surface area contributed by atoms with Gasteiger partial charge in [-0.15, -0.1) is 0 Å². The van der Waals surface area contributed by atoms with Gasteiger partial charge in [-0.3, -0.25) is 4.79 Å². The molecule has 1 aliphatic rings. The van der Waals surface area contributed by atoms with Crippen molar-refractivity contribution in [3.05, 3.63) is 70.6 Å². The summed E-state index contributed by atoms with van der Waals surface area (Å²) in [6, 6.07) is 12.2. The maximum Gasteiger partial charge on any atom is 0.419 e. The van der Waals surface area contributed by atoms with E-state index in [0.29, 0.717) is 11.4 Å². The largest absolute Gasteiger partial charge is 0.496 e. The average molecular weight is 402 g/mol. The normalized spacial score (nSPS) is 14.6. The third kappa shape index (κ3) is 3.55. The first-order chi connectivity index (χ1) is 13.9. The molecule has 3 heterocycles. The van der Waals surface area contributed by atoms with Crippen molar-refractivity contribution < 1.29 is 17.9 Å². The molecule has 0 unspecified atom stereocenters. The number of benzene rings is 1. The molecule has 0 spiro atoms. The number of ether oxygens (including phenoxy) is 1. The minimum Gasteiger partial charge on any atom is -0.496 e. The molecular weight excluding hydrogens is 385 g/mol. The van der Waals surface area contributed by atoms with Gasteiger partial charge < -0.3 is 9.64 Å². The predicted octanol–water partition coefficient (Wildman–Crippen LogP) is 3.39. The summed E-state index contributed by atoms with van der Waals surface area (Å²) in [4.78, 5) is 17.7. The van der Waals surface area contributed by atoms with E-state index in [1.54, 1.807) is 19.2 Å². The van der Waals surface area contributed by atoms with Crippen LogP contribution in [0.5, 0.6) is 5.75 Å². The molecule has 0 radical (unpaired) electrons. The molecule has 0 aliphatic carbocycles. The summed E-state index contributed by atoms with van der Waals surface area (Å²) in [6.07, 6.45) is -3.17. The zero-order valence-corrected chi connectivity index (χ0v) is 15.4. The highest BCUT2D eigenvalue weighted by molar-refractivity contribution is 5.66. The fourth-order valence-corrected chi connectivity index (χ4v) is 3.34. The number of pyridine rings is 1. The molecule has 1 aliphatic heterocycles. The smallest absolute Gasteiger partial charge is 0.419 e.